The molecule has 1 aromatic carbocycles. The van der Waals surface area contributed by atoms with Crippen LogP contribution in [0.4, 0.5) is 10.3 Å². The summed E-state index contributed by atoms with van der Waals surface area (Å²) < 4.78 is 13.0. The lowest BCUT2D eigenvalue weighted by molar-refractivity contribution is 0.619. The summed E-state index contributed by atoms with van der Waals surface area (Å²) in [5.41, 5.74) is 3.15. The third-order valence-corrected chi connectivity index (χ3v) is 4.89. The summed E-state index contributed by atoms with van der Waals surface area (Å²) in [5, 5.41) is 9.12. The van der Waals surface area contributed by atoms with Crippen molar-refractivity contribution in [2.75, 3.05) is 11.9 Å². The van der Waals surface area contributed by atoms with Gasteiger partial charge in [0.25, 0.3) is 5.56 Å². The number of anilines is 1. The van der Waals surface area contributed by atoms with E-state index in [0.717, 1.165) is 34.1 Å². The van der Waals surface area contributed by atoms with E-state index in [4.69, 9.17) is 0 Å². The number of halogens is 1. The standard InChI is InChI=1S/C17H16FN5OS/c18-11-3-1-10(2-4-11)14-9-25-15(21-14)8-20-17-22-13-7-19-6-5-12(13)16(24)23-17/h1-4,9,19H,5-8H2,(H2,20,22,23,24). The number of benzene rings is 1. The minimum absolute atomic E-state index is 0.0832. The molecule has 0 fully saturated rings. The van der Waals surface area contributed by atoms with Crippen molar-refractivity contribution in [3.8, 4) is 11.3 Å². The van der Waals surface area contributed by atoms with Gasteiger partial charge in [-0.25, -0.2) is 14.4 Å². The third kappa shape index (κ3) is 3.45. The maximum Gasteiger partial charge on any atom is 0.255 e. The van der Waals surface area contributed by atoms with Gasteiger partial charge in [0, 0.05) is 23.1 Å². The summed E-state index contributed by atoms with van der Waals surface area (Å²) in [7, 11) is 0. The Morgan fingerprint density at radius 1 is 1.24 bits per heavy atom. The maximum absolute atomic E-state index is 13.0. The van der Waals surface area contributed by atoms with E-state index in [-0.39, 0.29) is 11.4 Å². The molecule has 8 heteroatoms. The molecule has 0 radical (unpaired) electrons. The fourth-order valence-corrected chi connectivity index (χ4v) is 3.50. The number of fused-ring (bicyclic) bond motifs is 1. The molecule has 0 unspecified atom stereocenters. The lowest BCUT2D eigenvalue weighted by atomic mass is 10.1. The van der Waals surface area contributed by atoms with E-state index in [0.29, 0.717) is 25.5 Å². The molecule has 3 N–H and O–H groups in total. The van der Waals surface area contributed by atoms with Gasteiger partial charge in [0.15, 0.2) is 0 Å². The van der Waals surface area contributed by atoms with Crippen molar-refractivity contribution in [3.05, 3.63) is 62.1 Å². The Labute approximate surface area is 147 Å². The van der Waals surface area contributed by atoms with Crippen LogP contribution in [0.1, 0.15) is 16.3 Å². The molecular formula is C17H16FN5OS. The molecule has 3 aromatic rings. The second-order valence-electron chi connectivity index (χ2n) is 5.75. The number of H-pyrrole nitrogens is 1. The molecule has 0 aliphatic carbocycles. The van der Waals surface area contributed by atoms with Crippen LogP contribution < -0.4 is 16.2 Å². The van der Waals surface area contributed by atoms with Gasteiger partial charge in [-0.2, -0.15) is 0 Å². The highest BCUT2D eigenvalue weighted by Crippen LogP contribution is 2.22. The molecule has 0 amide bonds. The average Bonchev–Trinajstić information content (AvgIpc) is 3.10. The molecule has 0 spiro atoms. The molecule has 2 aromatic heterocycles. The Kier molecular flexibility index (Phi) is 4.29. The van der Waals surface area contributed by atoms with E-state index in [1.54, 1.807) is 12.1 Å². The van der Waals surface area contributed by atoms with Crippen LogP contribution in [0.25, 0.3) is 11.3 Å². The molecule has 0 saturated carbocycles. The van der Waals surface area contributed by atoms with Crippen molar-refractivity contribution in [2.45, 2.75) is 19.5 Å². The molecule has 1 aliphatic heterocycles. The van der Waals surface area contributed by atoms with Crippen LogP contribution in [0, 0.1) is 5.82 Å². The minimum Gasteiger partial charge on any atom is -0.349 e. The van der Waals surface area contributed by atoms with Crippen molar-refractivity contribution in [1.82, 2.24) is 20.3 Å². The van der Waals surface area contributed by atoms with Crippen LogP contribution in [-0.2, 0) is 19.5 Å². The van der Waals surface area contributed by atoms with Crippen molar-refractivity contribution < 1.29 is 4.39 Å². The molecule has 128 valence electrons. The number of rotatable bonds is 4. The zero-order valence-corrected chi connectivity index (χ0v) is 14.1. The number of aromatic amines is 1. The van der Waals surface area contributed by atoms with Crippen molar-refractivity contribution >= 4 is 17.3 Å². The number of hydrogen-bond donors (Lipinski definition) is 3. The summed E-state index contributed by atoms with van der Waals surface area (Å²) in [6.45, 7) is 1.87. The second kappa shape index (κ2) is 6.73. The van der Waals surface area contributed by atoms with Gasteiger partial charge < -0.3 is 10.6 Å². The first-order valence-electron chi connectivity index (χ1n) is 7.96. The Hall–Kier alpha value is -2.58. The fourth-order valence-electron chi connectivity index (χ4n) is 2.76. The van der Waals surface area contributed by atoms with E-state index < -0.39 is 0 Å². The highest BCUT2D eigenvalue weighted by atomic mass is 32.1. The zero-order chi connectivity index (χ0) is 17.2. The predicted molar refractivity (Wildman–Crippen MR) is 95.1 cm³/mol. The first kappa shape index (κ1) is 15.9. The van der Waals surface area contributed by atoms with Gasteiger partial charge in [-0.15, -0.1) is 11.3 Å². The number of thiazole rings is 1. The number of hydrogen-bond acceptors (Lipinski definition) is 6. The van der Waals surface area contributed by atoms with Gasteiger partial charge in [0.2, 0.25) is 5.95 Å². The van der Waals surface area contributed by atoms with Gasteiger partial charge in [-0.05, 0) is 37.2 Å². The second-order valence-corrected chi connectivity index (χ2v) is 6.70. The van der Waals surface area contributed by atoms with Gasteiger partial charge >= 0.3 is 0 Å². The van der Waals surface area contributed by atoms with Gasteiger partial charge in [-0.1, -0.05) is 0 Å². The van der Waals surface area contributed by atoms with Crippen LogP contribution in [0.15, 0.2) is 34.4 Å². The van der Waals surface area contributed by atoms with E-state index in [2.05, 4.69) is 25.6 Å². The lowest BCUT2D eigenvalue weighted by Crippen LogP contribution is -2.31. The summed E-state index contributed by atoms with van der Waals surface area (Å²) in [6, 6.07) is 6.25. The van der Waals surface area contributed by atoms with Crippen LogP contribution >= 0.6 is 11.3 Å². The van der Waals surface area contributed by atoms with Crippen molar-refractivity contribution in [3.63, 3.8) is 0 Å². The smallest absolute Gasteiger partial charge is 0.255 e. The number of nitrogens with one attached hydrogen (secondary N) is 3. The Morgan fingerprint density at radius 3 is 2.92 bits per heavy atom. The molecule has 0 saturated heterocycles. The van der Waals surface area contributed by atoms with Crippen LogP contribution in [-0.4, -0.2) is 21.5 Å². The summed E-state index contributed by atoms with van der Waals surface area (Å²) >= 11 is 1.50. The molecule has 1 aliphatic rings. The molecule has 25 heavy (non-hydrogen) atoms. The molecular weight excluding hydrogens is 341 g/mol. The van der Waals surface area contributed by atoms with Gasteiger partial charge in [0.1, 0.15) is 10.8 Å². The van der Waals surface area contributed by atoms with Crippen LogP contribution in [0.2, 0.25) is 0 Å². The van der Waals surface area contributed by atoms with E-state index in [9.17, 15) is 9.18 Å². The third-order valence-electron chi connectivity index (χ3n) is 4.04. The Balaban J connectivity index is 1.48. The zero-order valence-electron chi connectivity index (χ0n) is 13.3. The van der Waals surface area contributed by atoms with E-state index in [1.165, 1.54) is 23.5 Å². The molecule has 3 heterocycles. The molecule has 4 rings (SSSR count). The quantitative estimate of drug-likeness (QED) is 0.667. The monoisotopic (exact) mass is 357 g/mol. The summed E-state index contributed by atoms with van der Waals surface area (Å²) in [4.78, 5) is 23.9. The molecule has 0 atom stereocenters. The van der Waals surface area contributed by atoms with Gasteiger partial charge in [0.05, 0.1) is 17.9 Å². The van der Waals surface area contributed by atoms with E-state index >= 15 is 0 Å². The first-order valence-corrected chi connectivity index (χ1v) is 8.84. The van der Waals surface area contributed by atoms with Crippen LogP contribution in [0.5, 0.6) is 0 Å². The predicted octanol–water partition coefficient (Wildman–Crippen LogP) is 2.29. The number of aromatic nitrogens is 3. The highest BCUT2D eigenvalue weighted by molar-refractivity contribution is 7.09. The first-order chi connectivity index (χ1) is 12.2. The maximum atomic E-state index is 13.0. The Morgan fingerprint density at radius 2 is 2.08 bits per heavy atom. The van der Waals surface area contributed by atoms with Gasteiger partial charge in [-0.3, -0.25) is 9.78 Å². The summed E-state index contributed by atoms with van der Waals surface area (Å²) in [5.74, 6) is 0.184. The lowest BCUT2D eigenvalue weighted by Gasteiger charge is -2.16. The van der Waals surface area contributed by atoms with Crippen LogP contribution in [0.3, 0.4) is 0 Å². The molecule has 0 bridgehead atoms. The fraction of sp³-hybridized carbons (Fsp3) is 0.235. The minimum atomic E-state index is -0.266. The number of nitrogens with zero attached hydrogens (tertiary/aromatic N) is 2. The highest BCUT2D eigenvalue weighted by Gasteiger charge is 2.15. The topological polar surface area (TPSA) is 82.7 Å². The van der Waals surface area contributed by atoms with Crippen molar-refractivity contribution in [2.24, 2.45) is 0 Å². The van der Waals surface area contributed by atoms with Crippen molar-refractivity contribution in [1.29, 1.82) is 0 Å². The SMILES string of the molecule is O=c1[nH]c(NCc2nc(-c3ccc(F)cc3)cs2)nc2c1CCNC2. The van der Waals surface area contributed by atoms with E-state index in [1.807, 2.05) is 5.38 Å². The average molecular weight is 357 g/mol. The largest absolute Gasteiger partial charge is 0.349 e. The Bertz CT molecular complexity index is 950. The normalized spacial score (nSPS) is 13.5. The molecule has 6 nitrogen and oxygen atoms in total. The summed E-state index contributed by atoms with van der Waals surface area (Å²) in [6.07, 6.45) is 0.700.